The lowest BCUT2D eigenvalue weighted by Crippen LogP contribution is -2.33. The van der Waals surface area contributed by atoms with Gasteiger partial charge in [-0.25, -0.2) is 0 Å². The van der Waals surface area contributed by atoms with Crippen molar-refractivity contribution >= 4 is 16.7 Å². The van der Waals surface area contributed by atoms with Gasteiger partial charge in [-0.2, -0.15) is 0 Å². The molecule has 144 valence electrons. The molecule has 1 unspecified atom stereocenters. The Morgan fingerprint density at radius 1 is 1.21 bits per heavy atom. The van der Waals surface area contributed by atoms with Gasteiger partial charge in [0.2, 0.25) is 0 Å². The third-order valence-corrected chi connectivity index (χ3v) is 5.02. The van der Waals surface area contributed by atoms with Gasteiger partial charge in [0, 0.05) is 36.2 Å². The molecule has 0 spiro atoms. The Bertz CT molecular complexity index is 1070. The molecule has 1 aliphatic heterocycles. The summed E-state index contributed by atoms with van der Waals surface area (Å²) in [6, 6.07) is 14.4. The smallest absolute Gasteiger partial charge is 0.262 e. The summed E-state index contributed by atoms with van der Waals surface area (Å²) in [4.78, 5) is 26.0. The number of carbonyl (C=O) groups excluding carboxylic acids is 1. The third kappa shape index (κ3) is 3.51. The largest absolute Gasteiger partial charge is 0.497 e. The van der Waals surface area contributed by atoms with E-state index in [1.807, 2.05) is 24.3 Å². The molecule has 1 aromatic heterocycles. The van der Waals surface area contributed by atoms with E-state index in [0.29, 0.717) is 34.3 Å². The molecule has 3 aromatic rings. The molecule has 4 rings (SSSR count). The van der Waals surface area contributed by atoms with Gasteiger partial charge in [-0.1, -0.05) is 24.3 Å². The molecule has 0 radical (unpaired) electrons. The van der Waals surface area contributed by atoms with Gasteiger partial charge >= 0.3 is 0 Å². The number of ether oxygens (including phenoxy) is 2. The van der Waals surface area contributed by atoms with Gasteiger partial charge in [-0.05, 0) is 31.0 Å². The second kappa shape index (κ2) is 7.86. The first-order chi connectivity index (χ1) is 13.7. The fourth-order valence-electron chi connectivity index (χ4n) is 3.53. The van der Waals surface area contributed by atoms with Crippen LogP contribution in [0.15, 0.2) is 59.5 Å². The predicted molar refractivity (Wildman–Crippen MR) is 107 cm³/mol. The van der Waals surface area contributed by atoms with E-state index in [1.165, 1.54) is 4.57 Å². The van der Waals surface area contributed by atoms with E-state index >= 15 is 0 Å². The Labute approximate surface area is 162 Å². The van der Waals surface area contributed by atoms with Gasteiger partial charge in [-0.3, -0.25) is 14.2 Å². The summed E-state index contributed by atoms with van der Waals surface area (Å²) in [7, 11) is 1.58. The first kappa shape index (κ1) is 18.3. The van der Waals surface area contributed by atoms with Crippen LogP contribution in [0.1, 0.15) is 23.2 Å². The highest BCUT2D eigenvalue weighted by Gasteiger charge is 2.19. The van der Waals surface area contributed by atoms with Crippen molar-refractivity contribution in [3.63, 3.8) is 0 Å². The minimum absolute atomic E-state index is 0.0551. The summed E-state index contributed by atoms with van der Waals surface area (Å²) in [5, 5.41) is 4.08. The molecule has 1 saturated heterocycles. The number of nitrogens with zero attached hydrogens (tertiary/aromatic N) is 1. The lowest BCUT2D eigenvalue weighted by Gasteiger charge is -2.15. The number of hydrogen-bond donors (Lipinski definition) is 1. The zero-order chi connectivity index (χ0) is 19.5. The molecular weight excluding hydrogens is 356 g/mol. The van der Waals surface area contributed by atoms with Crippen molar-refractivity contribution in [1.82, 2.24) is 9.88 Å². The summed E-state index contributed by atoms with van der Waals surface area (Å²) < 4.78 is 12.3. The highest BCUT2D eigenvalue weighted by molar-refractivity contribution is 6.06. The van der Waals surface area contributed by atoms with Crippen LogP contribution >= 0.6 is 0 Å². The molecule has 2 aromatic carbocycles. The molecule has 2 heterocycles. The molecule has 1 N–H and O–H groups in total. The highest BCUT2D eigenvalue weighted by Crippen LogP contribution is 2.20. The quantitative estimate of drug-likeness (QED) is 0.741. The van der Waals surface area contributed by atoms with Crippen LogP contribution in [-0.4, -0.2) is 36.8 Å². The number of rotatable bonds is 5. The zero-order valence-corrected chi connectivity index (χ0v) is 15.7. The number of fused-ring (bicyclic) bond motifs is 1. The van der Waals surface area contributed by atoms with Crippen LogP contribution in [0.5, 0.6) is 5.75 Å². The minimum atomic E-state index is -0.219. The number of amides is 1. The number of benzene rings is 2. The SMILES string of the molecule is COc1cccc(-n2cc(C(=O)NCC3CCCO3)c3ccccc3c2=O)c1. The monoisotopic (exact) mass is 378 g/mol. The van der Waals surface area contributed by atoms with E-state index in [-0.39, 0.29) is 17.6 Å². The first-order valence-electron chi connectivity index (χ1n) is 9.36. The standard InChI is InChI=1S/C22H22N2O4/c1-27-16-7-4-6-15(12-16)24-14-20(18-9-2-3-10-19(18)22(24)26)21(25)23-13-17-8-5-11-28-17/h2-4,6-7,9-10,12,14,17H,5,8,11,13H2,1H3,(H,23,25). The van der Waals surface area contributed by atoms with E-state index in [0.717, 1.165) is 19.4 Å². The van der Waals surface area contributed by atoms with Crippen LogP contribution in [0.3, 0.4) is 0 Å². The van der Waals surface area contributed by atoms with Gasteiger partial charge in [0.15, 0.2) is 0 Å². The van der Waals surface area contributed by atoms with E-state index in [9.17, 15) is 9.59 Å². The van der Waals surface area contributed by atoms with E-state index in [4.69, 9.17) is 9.47 Å². The van der Waals surface area contributed by atoms with Crippen LogP contribution in [0.4, 0.5) is 0 Å². The molecule has 6 heteroatoms. The van der Waals surface area contributed by atoms with Crippen LogP contribution in [0.25, 0.3) is 16.5 Å². The van der Waals surface area contributed by atoms with Gasteiger partial charge in [0.05, 0.1) is 24.5 Å². The van der Waals surface area contributed by atoms with Gasteiger partial charge in [0.25, 0.3) is 11.5 Å². The van der Waals surface area contributed by atoms with Crippen molar-refractivity contribution in [3.05, 3.63) is 70.6 Å². The normalized spacial score (nSPS) is 16.2. The number of nitrogens with one attached hydrogen (secondary N) is 1. The molecule has 0 saturated carbocycles. The fraction of sp³-hybridized carbons (Fsp3) is 0.273. The maximum atomic E-state index is 13.0. The molecule has 1 fully saturated rings. The minimum Gasteiger partial charge on any atom is -0.497 e. The maximum absolute atomic E-state index is 13.0. The lowest BCUT2D eigenvalue weighted by molar-refractivity contribution is 0.0858. The van der Waals surface area contributed by atoms with E-state index < -0.39 is 0 Å². The van der Waals surface area contributed by atoms with Gasteiger partial charge in [-0.15, -0.1) is 0 Å². The van der Waals surface area contributed by atoms with Crippen molar-refractivity contribution in [2.75, 3.05) is 20.3 Å². The van der Waals surface area contributed by atoms with E-state index in [2.05, 4.69) is 5.32 Å². The van der Waals surface area contributed by atoms with Crippen molar-refractivity contribution in [3.8, 4) is 11.4 Å². The van der Waals surface area contributed by atoms with Crippen LogP contribution < -0.4 is 15.6 Å². The van der Waals surface area contributed by atoms with Crippen LogP contribution in [0.2, 0.25) is 0 Å². The Hall–Kier alpha value is -3.12. The number of pyridine rings is 1. The van der Waals surface area contributed by atoms with Crippen molar-refractivity contribution in [1.29, 1.82) is 0 Å². The fourth-order valence-corrected chi connectivity index (χ4v) is 3.53. The van der Waals surface area contributed by atoms with E-state index in [1.54, 1.807) is 37.6 Å². The van der Waals surface area contributed by atoms with Crippen molar-refractivity contribution < 1.29 is 14.3 Å². The van der Waals surface area contributed by atoms with Crippen molar-refractivity contribution in [2.24, 2.45) is 0 Å². The zero-order valence-electron chi connectivity index (χ0n) is 15.7. The molecule has 1 atom stereocenters. The molecule has 28 heavy (non-hydrogen) atoms. The number of hydrogen-bond acceptors (Lipinski definition) is 4. The third-order valence-electron chi connectivity index (χ3n) is 5.02. The first-order valence-corrected chi connectivity index (χ1v) is 9.36. The summed E-state index contributed by atoms with van der Waals surface area (Å²) in [5.74, 6) is 0.422. The number of carbonyl (C=O) groups is 1. The second-order valence-corrected chi connectivity index (χ2v) is 6.81. The second-order valence-electron chi connectivity index (χ2n) is 6.81. The number of aromatic nitrogens is 1. The molecule has 0 aliphatic carbocycles. The Balaban J connectivity index is 1.77. The average molecular weight is 378 g/mol. The molecule has 1 amide bonds. The molecular formula is C22H22N2O4. The summed E-state index contributed by atoms with van der Waals surface area (Å²) in [6.07, 6.45) is 3.62. The Morgan fingerprint density at radius 2 is 2.04 bits per heavy atom. The van der Waals surface area contributed by atoms with Gasteiger partial charge < -0.3 is 14.8 Å². The number of methoxy groups -OCH3 is 1. The summed E-state index contributed by atoms with van der Waals surface area (Å²) in [6.45, 7) is 1.20. The van der Waals surface area contributed by atoms with Crippen molar-refractivity contribution in [2.45, 2.75) is 18.9 Å². The topological polar surface area (TPSA) is 69.6 Å². The van der Waals surface area contributed by atoms with Crippen LogP contribution in [0, 0.1) is 0 Å². The molecule has 0 bridgehead atoms. The molecule has 1 aliphatic rings. The Kier molecular flexibility index (Phi) is 5.12. The Morgan fingerprint density at radius 3 is 2.79 bits per heavy atom. The maximum Gasteiger partial charge on any atom is 0.262 e. The summed E-state index contributed by atoms with van der Waals surface area (Å²) in [5.41, 5.74) is 0.916. The predicted octanol–water partition coefficient (Wildman–Crippen LogP) is 2.91. The summed E-state index contributed by atoms with van der Waals surface area (Å²) >= 11 is 0. The van der Waals surface area contributed by atoms with Gasteiger partial charge in [0.1, 0.15) is 5.75 Å². The highest BCUT2D eigenvalue weighted by atomic mass is 16.5. The molecule has 6 nitrogen and oxygen atoms in total. The lowest BCUT2D eigenvalue weighted by atomic mass is 10.1. The van der Waals surface area contributed by atoms with Crippen LogP contribution in [-0.2, 0) is 4.74 Å². The average Bonchev–Trinajstić information content (AvgIpc) is 3.26.